The molecule has 0 aliphatic rings. The average molecular weight is 409 g/mol. The molecule has 0 amide bonds. The molecule has 0 radical (unpaired) electrons. The van der Waals surface area contributed by atoms with Gasteiger partial charge in [-0.2, -0.15) is 0 Å². The number of aromatic nitrogens is 1. The molecule has 0 unspecified atom stereocenters. The minimum Gasteiger partial charge on any atom is -0.454 e. The second kappa shape index (κ2) is 6.60. The smallest absolute Gasteiger partial charge is 0.161 e. The number of para-hydroxylation sites is 2. The third-order valence-corrected chi connectivity index (χ3v) is 6.39. The lowest BCUT2D eigenvalue weighted by atomic mass is 9.98. The second-order valence-electron chi connectivity index (χ2n) is 8.21. The lowest BCUT2D eigenvalue weighted by Crippen LogP contribution is -1.94. The van der Waals surface area contributed by atoms with Crippen molar-refractivity contribution in [3.05, 3.63) is 115 Å². The molecule has 150 valence electrons. The van der Waals surface area contributed by atoms with Crippen LogP contribution in [0.1, 0.15) is 0 Å². The second-order valence-corrected chi connectivity index (χ2v) is 8.21. The Morgan fingerprint density at radius 2 is 1.34 bits per heavy atom. The van der Waals surface area contributed by atoms with Crippen molar-refractivity contribution in [2.45, 2.75) is 0 Å². The van der Waals surface area contributed by atoms with E-state index >= 15 is 0 Å². The largest absolute Gasteiger partial charge is 0.454 e. The Bertz CT molecular complexity index is 1760. The Morgan fingerprint density at radius 3 is 2.25 bits per heavy atom. The van der Waals surface area contributed by atoms with Gasteiger partial charge in [-0.1, -0.05) is 78.9 Å². The summed E-state index contributed by atoms with van der Waals surface area (Å²) in [5.41, 5.74) is 7.78. The first kappa shape index (κ1) is 17.4. The summed E-state index contributed by atoms with van der Waals surface area (Å²) in [5, 5.41) is 4.75. The van der Waals surface area contributed by atoms with Crippen molar-refractivity contribution < 1.29 is 4.42 Å². The van der Waals surface area contributed by atoms with Gasteiger partial charge in [-0.05, 0) is 58.3 Å². The Balaban J connectivity index is 1.55. The number of rotatable bonds is 2. The molecule has 0 aliphatic carbocycles. The van der Waals surface area contributed by atoms with Crippen LogP contribution in [0.5, 0.6) is 0 Å². The predicted octanol–water partition coefficient (Wildman–Crippen LogP) is 8.35. The van der Waals surface area contributed by atoms with Gasteiger partial charge in [-0.25, -0.2) is 0 Å². The molecule has 0 spiro atoms. The van der Waals surface area contributed by atoms with Crippen LogP contribution in [0.2, 0.25) is 0 Å². The minimum absolute atomic E-state index is 0.921. The van der Waals surface area contributed by atoms with Crippen LogP contribution >= 0.6 is 0 Å². The minimum atomic E-state index is 0.921. The highest BCUT2D eigenvalue weighted by Crippen LogP contribution is 2.39. The van der Waals surface area contributed by atoms with Gasteiger partial charge in [-0.3, -0.25) is 0 Å². The van der Waals surface area contributed by atoms with Crippen molar-refractivity contribution in [3.63, 3.8) is 0 Å². The normalized spacial score (nSPS) is 11.8. The van der Waals surface area contributed by atoms with Gasteiger partial charge in [0.2, 0.25) is 0 Å². The molecule has 0 atom stereocenters. The number of nitrogens with zero attached hydrogens (tertiary/aromatic N) is 1. The van der Waals surface area contributed by atoms with Crippen molar-refractivity contribution in [2.24, 2.45) is 0 Å². The van der Waals surface area contributed by atoms with E-state index in [9.17, 15) is 0 Å². The van der Waals surface area contributed by atoms with E-state index in [-0.39, 0.29) is 0 Å². The number of fused-ring (bicyclic) bond motifs is 6. The van der Waals surface area contributed by atoms with Crippen LogP contribution in [-0.4, -0.2) is 4.57 Å². The highest BCUT2D eigenvalue weighted by atomic mass is 16.3. The van der Waals surface area contributed by atoms with Crippen LogP contribution in [-0.2, 0) is 0 Å². The molecule has 32 heavy (non-hydrogen) atoms. The van der Waals surface area contributed by atoms with Crippen LogP contribution in [0.4, 0.5) is 0 Å². The third kappa shape index (κ3) is 2.41. The summed E-state index contributed by atoms with van der Waals surface area (Å²) in [6.45, 7) is 0. The first-order valence-electron chi connectivity index (χ1n) is 10.9. The SMILES string of the molecule is c1ccc(-c2cccc3cc(-n4c5ccccc5c5oc6ccccc6c54)ccc23)cc1. The monoisotopic (exact) mass is 409 g/mol. The molecule has 0 bridgehead atoms. The summed E-state index contributed by atoms with van der Waals surface area (Å²) in [4.78, 5) is 0. The van der Waals surface area contributed by atoms with Crippen molar-refractivity contribution in [1.82, 2.24) is 4.57 Å². The molecule has 0 aliphatic heterocycles. The molecule has 2 nitrogen and oxygen atoms in total. The highest BCUT2D eigenvalue weighted by Gasteiger charge is 2.19. The highest BCUT2D eigenvalue weighted by molar-refractivity contribution is 6.16. The number of furan rings is 1. The predicted molar refractivity (Wildman–Crippen MR) is 133 cm³/mol. The van der Waals surface area contributed by atoms with Crippen molar-refractivity contribution >= 4 is 43.7 Å². The van der Waals surface area contributed by atoms with Crippen molar-refractivity contribution in [2.75, 3.05) is 0 Å². The standard InChI is InChI=1S/C30H19NO/c1-2-9-20(10-3-1)23-14-8-11-21-19-22(17-18-24(21)23)31-27-15-6-4-12-25(27)30-29(31)26-13-5-7-16-28(26)32-30/h1-19H. The molecule has 2 aromatic heterocycles. The molecule has 2 heterocycles. The quantitative estimate of drug-likeness (QED) is 0.280. The Kier molecular flexibility index (Phi) is 3.58. The van der Waals surface area contributed by atoms with Crippen molar-refractivity contribution in [3.8, 4) is 16.8 Å². The zero-order valence-electron chi connectivity index (χ0n) is 17.3. The summed E-state index contributed by atoms with van der Waals surface area (Å²) in [6.07, 6.45) is 0. The third-order valence-electron chi connectivity index (χ3n) is 6.39. The Hall–Kier alpha value is -4.30. The molecule has 7 rings (SSSR count). The van der Waals surface area contributed by atoms with Crippen LogP contribution in [0.3, 0.4) is 0 Å². The summed E-state index contributed by atoms with van der Waals surface area (Å²) in [5.74, 6) is 0. The maximum Gasteiger partial charge on any atom is 0.161 e. The Labute approximate surface area is 184 Å². The van der Waals surface area contributed by atoms with Gasteiger partial charge >= 0.3 is 0 Å². The van der Waals surface area contributed by atoms with Gasteiger partial charge in [0.25, 0.3) is 0 Å². The number of hydrogen-bond acceptors (Lipinski definition) is 1. The van der Waals surface area contributed by atoms with Gasteiger partial charge in [0.05, 0.1) is 5.52 Å². The molecular formula is C30H19NO. The summed E-state index contributed by atoms with van der Waals surface area (Å²) in [7, 11) is 0. The van der Waals surface area contributed by atoms with Crippen molar-refractivity contribution in [1.29, 1.82) is 0 Å². The van der Waals surface area contributed by atoms with E-state index < -0.39 is 0 Å². The topological polar surface area (TPSA) is 18.1 Å². The molecule has 0 N–H and O–H groups in total. The van der Waals surface area contributed by atoms with E-state index in [1.807, 2.05) is 12.1 Å². The first-order chi connectivity index (χ1) is 15.9. The lowest BCUT2D eigenvalue weighted by Gasteiger charge is -2.11. The van der Waals surface area contributed by atoms with E-state index in [1.165, 1.54) is 21.9 Å². The van der Waals surface area contributed by atoms with Gasteiger partial charge in [0.15, 0.2) is 5.58 Å². The van der Waals surface area contributed by atoms with Gasteiger partial charge in [0.1, 0.15) is 11.1 Å². The fourth-order valence-corrected chi connectivity index (χ4v) is 4.97. The zero-order valence-corrected chi connectivity index (χ0v) is 17.3. The number of hydrogen-bond donors (Lipinski definition) is 0. The van der Waals surface area contributed by atoms with E-state index in [4.69, 9.17) is 4.42 Å². The van der Waals surface area contributed by atoms with Crippen LogP contribution < -0.4 is 0 Å². The zero-order chi connectivity index (χ0) is 21.1. The van der Waals surface area contributed by atoms with E-state index in [0.717, 1.165) is 38.7 Å². The molecule has 7 aromatic rings. The van der Waals surface area contributed by atoms with Gasteiger partial charge in [-0.15, -0.1) is 0 Å². The van der Waals surface area contributed by atoms with Gasteiger partial charge in [0, 0.05) is 16.5 Å². The molecule has 5 aromatic carbocycles. The summed E-state index contributed by atoms with van der Waals surface area (Å²) in [6, 6.07) is 40.7. The summed E-state index contributed by atoms with van der Waals surface area (Å²) < 4.78 is 8.65. The maximum atomic E-state index is 6.31. The van der Waals surface area contributed by atoms with Crippen LogP contribution in [0.15, 0.2) is 120 Å². The molecule has 0 fully saturated rings. The van der Waals surface area contributed by atoms with Gasteiger partial charge < -0.3 is 8.98 Å². The van der Waals surface area contributed by atoms with E-state index in [1.54, 1.807) is 0 Å². The fraction of sp³-hybridized carbons (Fsp3) is 0. The lowest BCUT2D eigenvalue weighted by molar-refractivity contribution is 0.673. The first-order valence-corrected chi connectivity index (χ1v) is 10.9. The average Bonchev–Trinajstić information content (AvgIpc) is 3.39. The summed E-state index contributed by atoms with van der Waals surface area (Å²) >= 11 is 0. The van der Waals surface area contributed by atoms with E-state index in [0.29, 0.717) is 0 Å². The van der Waals surface area contributed by atoms with Crippen LogP contribution in [0.25, 0.3) is 60.6 Å². The molecular weight excluding hydrogens is 390 g/mol. The fourth-order valence-electron chi connectivity index (χ4n) is 4.97. The van der Waals surface area contributed by atoms with E-state index in [2.05, 4.69) is 108 Å². The van der Waals surface area contributed by atoms with Crippen LogP contribution in [0, 0.1) is 0 Å². The molecule has 0 saturated heterocycles. The molecule has 0 saturated carbocycles. The Morgan fingerprint density at radius 1 is 0.562 bits per heavy atom. The maximum absolute atomic E-state index is 6.31. The number of benzene rings is 5. The molecule has 2 heteroatoms.